The van der Waals surface area contributed by atoms with E-state index in [-0.39, 0.29) is 10.8 Å². The SMILES string of the molecule is CC(C)(C)c1ccc2c(c1)c1c3cc(-c4nc(-c5ccccc5)nc(-c5ccc6c(c5)c5c7cc(C(C)(C)C)ccc7n(-c7ccccc7)c5n6-c5ccccc5)n4)ccc3n(-c3ccccc3)c1n2-c1ccccc1. The van der Waals surface area contributed by atoms with Gasteiger partial charge in [0.15, 0.2) is 17.5 Å². The van der Waals surface area contributed by atoms with Gasteiger partial charge in [-0.15, -0.1) is 0 Å². The lowest BCUT2D eigenvalue weighted by Gasteiger charge is -2.19. The highest BCUT2D eigenvalue weighted by molar-refractivity contribution is 6.24. The van der Waals surface area contributed by atoms with E-state index in [0.717, 1.165) is 83.6 Å². The van der Waals surface area contributed by atoms with Gasteiger partial charge in [-0.05, 0) is 131 Å². The summed E-state index contributed by atoms with van der Waals surface area (Å²) in [5.41, 5.74) is 16.3. The Labute approximate surface area is 441 Å². The van der Waals surface area contributed by atoms with Crippen molar-refractivity contribution < 1.29 is 0 Å². The monoisotopic (exact) mass is 981 g/mol. The van der Waals surface area contributed by atoms with Crippen molar-refractivity contribution in [1.29, 1.82) is 0 Å². The summed E-state index contributed by atoms with van der Waals surface area (Å²) in [4.78, 5) is 16.2. The average molecular weight is 982 g/mol. The lowest BCUT2D eigenvalue weighted by atomic mass is 9.86. The summed E-state index contributed by atoms with van der Waals surface area (Å²) in [6.07, 6.45) is 0. The van der Waals surface area contributed by atoms with Crippen LogP contribution in [0.4, 0.5) is 0 Å². The van der Waals surface area contributed by atoms with Crippen LogP contribution < -0.4 is 0 Å². The van der Waals surface area contributed by atoms with Crippen LogP contribution in [0.25, 0.3) is 123 Å². The fourth-order valence-corrected chi connectivity index (χ4v) is 11.5. The van der Waals surface area contributed by atoms with E-state index < -0.39 is 0 Å². The number of rotatable bonds is 7. The van der Waals surface area contributed by atoms with E-state index in [9.17, 15) is 0 Å². The first-order valence-corrected chi connectivity index (χ1v) is 26.3. The first-order valence-electron chi connectivity index (χ1n) is 26.3. The molecule has 0 aliphatic heterocycles. The maximum absolute atomic E-state index is 5.48. The number of fused-ring (bicyclic) bond motifs is 10. The molecule has 0 radical (unpaired) electrons. The Morgan fingerprint density at radius 2 is 0.553 bits per heavy atom. The molecular formula is C69H55N7. The van der Waals surface area contributed by atoms with Gasteiger partial charge in [0.25, 0.3) is 0 Å². The van der Waals surface area contributed by atoms with E-state index in [1.807, 2.05) is 18.2 Å². The van der Waals surface area contributed by atoms with Gasteiger partial charge in [0.05, 0.1) is 22.1 Å². The molecule has 9 aromatic carbocycles. The Kier molecular flexibility index (Phi) is 10.2. The zero-order valence-corrected chi connectivity index (χ0v) is 43.5. The summed E-state index contributed by atoms with van der Waals surface area (Å²) in [6, 6.07) is 80.7. The Hall–Kier alpha value is -9.33. The molecule has 0 spiro atoms. The second-order valence-electron chi connectivity index (χ2n) is 22.2. The molecule has 0 saturated carbocycles. The van der Waals surface area contributed by atoms with Gasteiger partial charge in [0.2, 0.25) is 0 Å². The van der Waals surface area contributed by atoms with Crippen LogP contribution in [0.2, 0.25) is 0 Å². The molecule has 0 amide bonds. The third-order valence-corrected chi connectivity index (χ3v) is 15.3. The van der Waals surface area contributed by atoms with Crippen molar-refractivity contribution >= 4 is 65.7 Å². The zero-order chi connectivity index (χ0) is 51.5. The fourth-order valence-electron chi connectivity index (χ4n) is 11.5. The van der Waals surface area contributed by atoms with E-state index in [1.54, 1.807) is 0 Å². The zero-order valence-electron chi connectivity index (χ0n) is 43.5. The third kappa shape index (κ3) is 7.21. The molecule has 0 atom stereocenters. The summed E-state index contributed by atoms with van der Waals surface area (Å²) in [5.74, 6) is 1.83. The van der Waals surface area contributed by atoms with Crippen molar-refractivity contribution in [2.45, 2.75) is 52.4 Å². The molecule has 76 heavy (non-hydrogen) atoms. The molecule has 14 rings (SSSR count). The fraction of sp³-hybridized carbons (Fsp3) is 0.116. The van der Waals surface area contributed by atoms with Gasteiger partial charge >= 0.3 is 0 Å². The largest absolute Gasteiger partial charge is 0.295 e. The van der Waals surface area contributed by atoms with E-state index in [1.165, 1.54) is 32.7 Å². The van der Waals surface area contributed by atoms with Crippen molar-refractivity contribution in [2.24, 2.45) is 0 Å². The van der Waals surface area contributed by atoms with Gasteiger partial charge in [0.1, 0.15) is 11.3 Å². The van der Waals surface area contributed by atoms with Gasteiger partial charge in [-0.2, -0.15) is 0 Å². The summed E-state index contributed by atoms with van der Waals surface area (Å²) in [5, 5.41) is 7.03. The molecule has 0 aliphatic carbocycles. The van der Waals surface area contributed by atoms with Crippen molar-refractivity contribution in [2.75, 3.05) is 0 Å². The number of hydrogen-bond acceptors (Lipinski definition) is 3. The Morgan fingerprint density at radius 3 is 0.868 bits per heavy atom. The molecule has 0 bridgehead atoms. The quantitative estimate of drug-likeness (QED) is 0.160. The molecule has 5 heterocycles. The first-order chi connectivity index (χ1) is 37.0. The van der Waals surface area contributed by atoms with Crippen LogP contribution in [0.1, 0.15) is 52.7 Å². The smallest absolute Gasteiger partial charge is 0.164 e. The number of para-hydroxylation sites is 4. The topological polar surface area (TPSA) is 58.4 Å². The number of nitrogens with zero attached hydrogens (tertiary/aromatic N) is 7. The second-order valence-corrected chi connectivity index (χ2v) is 22.2. The molecule has 14 aromatic rings. The maximum atomic E-state index is 5.48. The molecule has 0 aliphatic rings. The van der Waals surface area contributed by atoms with Gasteiger partial charge in [-0.25, -0.2) is 15.0 Å². The predicted octanol–water partition coefficient (Wildman–Crippen LogP) is 17.5. The average Bonchev–Trinajstić information content (AvgIpc) is 4.39. The van der Waals surface area contributed by atoms with Crippen molar-refractivity contribution in [3.05, 3.63) is 236 Å². The molecule has 0 N–H and O–H groups in total. The molecular weight excluding hydrogens is 927 g/mol. The molecule has 0 fully saturated rings. The van der Waals surface area contributed by atoms with Gasteiger partial charge in [-0.3, -0.25) is 18.3 Å². The standard InChI is InChI=1S/C69H55N7/c1-68(2,3)47-34-38-59-55(42-47)61-53-40-45(32-36-57(53)73(49-24-14-8-15-25-49)66(61)75(59)51-28-18-10-19-29-51)64-70-63(44-22-12-7-13-23-44)71-65(72-64)46-33-37-58-54(41-46)62-56-43-48(69(4,5)6)35-39-60(56)76(52-30-20-11-21-31-52)67(62)74(58)50-26-16-9-17-27-50/h7-43H,1-6H3. The van der Waals surface area contributed by atoms with Crippen LogP contribution in [-0.2, 0) is 10.8 Å². The molecule has 366 valence electrons. The van der Waals surface area contributed by atoms with Crippen LogP contribution in [0.15, 0.2) is 224 Å². The minimum absolute atomic E-state index is 0.0548. The molecule has 0 unspecified atom stereocenters. The van der Waals surface area contributed by atoms with E-state index in [4.69, 9.17) is 15.0 Å². The summed E-state index contributed by atoms with van der Waals surface area (Å²) < 4.78 is 9.70. The van der Waals surface area contributed by atoms with Gasteiger partial charge < -0.3 is 0 Å². The Morgan fingerprint density at radius 1 is 0.276 bits per heavy atom. The van der Waals surface area contributed by atoms with Gasteiger partial charge in [0, 0.05) is 71.8 Å². The number of hydrogen-bond donors (Lipinski definition) is 0. The van der Waals surface area contributed by atoms with Crippen molar-refractivity contribution in [3.63, 3.8) is 0 Å². The number of benzene rings is 9. The second kappa shape index (κ2) is 17.1. The predicted molar refractivity (Wildman–Crippen MR) is 316 cm³/mol. The first kappa shape index (κ1) is 45.3. The third-order valence-electron chi connectivity index (χ3n) is 15.3. The maximum Gasteiger partial charge on any atom is 0.164 e. The lowest BCUT2D eigenvalue weighted by Crippen LogP contribution is -2.10. The molecule has 5 aromatic heterocycles. The molecule has 0 saturated heterocycles. The van der Waals surface area contributed by atoms with Crippen LogP contribution in [0.3, 0.4) is 0 Å². The highest BCUT2D eigenvalue weighted by Crippen LogP contribution is 2.46. The van der Waals surface area contributed by atoms with E-state index in [2.05, 4.69) is 266 Å². The van der Waals surface area contributed by atoms with E-state index in [0.29, 0.717) is 17.5 Å². The van der Waals surface area contributed by atoms with Crippen LogP contribution >= 0.6 is 0 Å². The Balaban J connectivity index is 1.05. The molecule has 7 heteroatoms. The summed E-state index contributed by atoms with van der Waals surface area (Å²) in [7, 11) is 0. The minimum atomic E-state index is -0.0548. The normalized spacial score (nSPS) is 12.3. The van der Waals surface area contributed by atoms with Crippen molar-refractivity contribution in [1.82, 2.24) is 33.2 Å². The van der Waals surface area contributed by atoms with E-state index >= 15 is 0 Å². The minimum Gasteiger partial charge on any atom is -0.295 e. The summed E-state index contributed by atoms with van der Waals surface area (Å²) >= 11 is 0. The lowest BCUT2D eigenvalue weighted by molar-refractivity contribution is 0.591. The molecule has 7 nitrogen and oxygen atoms in total. The van der Waals surface area contributed by atoms with Crippen LogP contribution in [0, 0.1) is 0 Å². The summed E-state index contributed by atoms with van der Waals surface area (Å²) in [6.45, 7) is 13.7. The van der Waals surface area contributed by atoms with Gasteiger partial charge in [-0.1, -0.05) is 157 Å². The highest BCUT2D eigenvalue weighted by atomic mass is 15.2. The highest BCUT2D eigenvalue weighted by Gasteiger charge is 2.28. The van der Waals surface area contributed by atoms with Crippen LogP contribution in [0.5, 0.6) is 0 Å². The number of aromatic nitrogens is 7. The Bertz CT molecular complexity index is 4280. The van der Waals surface area contributed by atoms with Crippen LogP contribution in [-0.4, -0.2) is 33.2 Å². The van der Waals surface area contributed by atoms with Crippen molar-refractivity contribution in [3.8, 4) is 56.9 Å².